The first-order chi connectivity index (χ1) is 8.24. The lowest BCUT2D eigenvalue weighted by Crippen LogP contribution is -2.48. The first-order valence-corrected chi connectivity index (χ1v) is 6.77. The maximum atomic E-state index is 12.5. The number of hydrogen-bond donors (Lipinski definition) is 1. The van der Waals surface area contributed by atoms with E-state index in [1.165, 1.54) is 6.42 Å². The normalized spacial score (nSPS) is 34.0. The lowest BCUT2D eigenvalue weighted by atomic mass is 9.94. The SMILES string of the molecule is CC1OCCC1C(=O)N1CCCCC1CCO. The summed E-state index contributed by atoms with van der Waals surface area (Å²) >= 11 is 0. The molecule has 2 fully saturated rings. The summed E-state index contributed by atoms with van der Waals surface area (Å²) in [6.07, 6.45) is 4.92. The smallest absolute Gasteiger partial charge is 0.228 e. The first kappa shape index (κ1) is 12.8. The van der Waals surface area contributed by atoms with E-state index in [2.05, 4.69) is 0 Å². The lowest BCUT2D eigenvalue weighted by molar-refractivity contribution is -0.141. The molecular weight excluding hydrogens is 218 g/mol. The van der Waals surface area contributed by atoms with Crippen LogP contribution in [0.3, 0.4) is 0 Å². The van der Waals surface area contributed by atoms with E-state index in [-0.39, 0.29) is 30.6 Å². The second-order valence-corrected chi connectivity index (χ2v) is 5.16. The van der Waals surface area contributed by atoms with Crippen molar-refractivity contribution >= 4 is 5.91 Å². The number of aliphatic hydroxyl groups excluding tert-OH is 1. The van der Waals surface area contributed by atoms with Crippen LogP contribution in [0.2, 0.25) is 0 Å². The number of ether oxygens (including phenoxy) is 1. The monoisotopic (exact) mass is 241 g/mol. The van der Waals surface area contributed by atoms with Gasteiger partial charge in [0.05, 0.1) is 12.0 Å². The van der Waals surface area contributed by atoms with Gasteiger partial charge in [0.1, 0.15) is 0 Å². The van der Waals surface area contributed by atoms with Gasteiger partial charge in [-0.15, -0.1) is 0 Å². The average molecular weight is 241 g/mol. The largest absolute Gasteiger partial charge is 0.396 e. The van der Waals surface area contributed by atoms with E-state index < -0.39 is 0 Å². The van der Waals surface area contributed by atoms with E-state index in [0.717, 1.165) is 25.8 Å². The van der Waals surface area contributed by atoms with Gasteiger partial charge in [-0.25, -0.2) is 0 Å². The number of piperidine rings is 1. The van der Waals surface area contributed by atoms with Crippen molar-refractivity contribution in [3.05, 3.63) is 0 Å². The Balaban J connectivity index is 2.00. The zero-order valence-corrected chi connectivity index (χ0v) is 10.6. The third-order valence-electron chi connectivity index (χ3n) is 4.07. The summed E-state index contributed by atoms with van der Waals surface area (Å²) in [7, 11) is 0. The molecule has 3 unspecified atom stereocenters. The van der Waals surface area contributed by atoms with Gasteiger partial charge < -0.3 is 14.7 Å². The lowest BCUT2D eigenvalue weighted by Gasteiger charge is -2.37. The highest BCUT2D eigenvalue weighted by atomic mass is 16.5. The molecule has 0 bridgehead atoms. The van der Waals surface area contributed by atoms with Crippen molar-refractivity contribution in [1.82, 2.24) is 4.90 Å². The van der Waals surface area contributed by atoms with Gasteiger partial charge in [0.25, 0.3) is 0 Å². The molecule has 1 N–H and O–H groups in total. The van der Waals surface area contributed by atoms with Crippen LogP contribution in [-0.2, 0) is 9.53 Å². The molecular formula is C13H23NO3. The third-order valence-corrected chi connectivity index (χ3v) is 4.07. The van der Waals surface area contributed by atoms with Crippen LogP contribution >= 0.6 is 0 Å². The summed E-state index contributed by atoms with van der Waals surface area (Å²) in [4.78, 5) is 14.5. The molecule has 0 aromatic carbocycles. The van der Waals surface area contributed by atoms with Crippen molar-refractivity contribution in [2.75, 3.05) is 19.8 Å². The van der Waals surface area contributed by atoms with Crippen molar-refractivity contribution in [3.8, 4) is 0 Å². The molecule has 2 saturated heterocycles. The highest BCUT2D eigenvalue weighted by Crippen LogP contribution is 2.27. The van der Waals surface area contributed by atoms with Gasteiger partial charge in [0.2, 0.25) is 5.91 Å². The number of hydrogen-bond acceptors (Lipinski definition) is 3. The van der Waals surface area contributed by atoms with E-state index in [1.807, 2.05) is 11.8 Å². The number of nitrogens with zero attached hydrogens (tertiary/aromatic N) is 1. The minimum absolute atomic E-state index is 0.0364. The van der Waals surface area contributed by atoms with Crippen LogP contribution in [0.25, 0.3) is 0 Å². The van der Waals surface area contributed by atoms with Gasteiger partial charge in [0, 0.05) is 25.8 Å². The summed E-state index contributed by atoms with van der Waals surface area (Å²) in [5.74, 6) is 0.280. The summed E-state index contributed by atoms with van der Waals surface area (Å²) in [5, 5.41) is 9.07. The molecule has 0 aromatic rings. The van der Waals surface area contributed by atoms with E-state index in [4.69, 9.17) is 9.84 Å². The van der Waals surface area contributed by atoms with E-state index >= 15 is 0 Å². The first-order valence-electron chi connectivity index (χ1n) is 6.77. The van der Waals surface area contributed by atoms with Crippen molar-refractivity contribution < 1.29 is 14.6 Å². The fourth-order valence-electron chi connectivity index (χ4n) is 3.01. The van der Waals surface area contributed by atoms with Crippen molar-refractivity contribution in [1.29, 1.82) is 0 Å². The fraction of sp³-hybridized carbons (Fsp3) is 0.923. The van der Waals surface area contributed by atoms with E-state index in [1.54, 1.807) is 0 Å². The molecule has 2 rings (SSSR count). The zero-order valence-electron chi connectivity index (χ0n) is 10.6. The molecule has 0 radical (unpaired) electrons. The Bertz CT molecular complexity index is 267. The molecule has 4 nitrogen and oxygen atoms in total. The second kappa shape index (κ2) is 5.83. The molecule has 2 aliphatic rings. The molecule has 0 aliphatic carbocycles. The van der Waals surface area contributed by atoms with Crippen LogP contribution in [0.15, 0.2) is 0 Å². The van der Waals surface area contributed by atoms with Crippen molar-refractivity contribution in [3.63, 3.8) is 0 Å². The van der Waals surface area contributed by atoms with Crippen LogP contribution in [0.4, 0.5) is 0 Å². The molecule has 1 amide bonds. The zero-order chi connectivity index (χ0) is 12.3. The molecule has 2 heterocycles. The van der Waals surface area contributed by atoms with Gasteiger partial charge in [0.15, 0.2) is 0 Å². The molecule has 3 atom stereocenters. The maximum absolute atomic E-state index is 12.5. The van der Waals surface area contributed by atoms with Gasteiger partial charge >= 0.3 is 0 Å². The number of rotatable bonds is 3. The standard InChI is InChI=1S/C13H23NO3/c1-10-12(6-9-17-10)13(16)14-7-3-2-4-11(14)5-8-15/h10-12,15H,2-9H2,1H3. The van der Waals surface area contributed by atoms with Crippen molar-refractivity contribution in [2.45, 2.75) is 51.2 Å². The van der Waals surface area contributed by atoms with Gasteiger partial charge in [-0.1, -0.05) is 0 Å². The Morgan fingerprint density at radius 2 is 2.24 bits per heavy atom. The second-order valence-electron chi connectivity index (χ2n) is 5.16. The van der Waals surface area contributed by atoms with Crippen LogP contribution in [-0.4, -0.2) is 47.8 Å². The summed E-state index contributed by atoms with van der Waals surface area (Å²) in [5.41, 5.74) is 0. The minimum atomic E-state index is 0.0364. The van der Waals surface area contributed by atoms with E-state index in [0.29, 0.717) is 13.0 Å². The minimum Gasteiger partial charge on any atom is -0.396 e. The summed E-state index contributed by atoms with van der Waals surface area (Å²) in [6.45, 7) is 3.72. The molecule has 98 valence electrons. The Hall–Kier alpha value is -0.610. The highest BCUT2D eigenvalue weighted by molar-refractivity contribution is 5.80. The number of carbonyl (C=O) groups is 1. The van der Waals surface area contributed by atoms with E-state index in [9.17, 15) is 4.79 Å². The third kappa shape index (κ3) is 2.80. The predicted octanol–water partition coefficient (Wildman–Crippen LogP) is 1.17. The van der Waals surface area contributed by atoms with Crippen molar-refractivity contribution in [2.24, 2.45) is 5.92 Å². The maximum Gasteiger partial charge on any atom is 0.228 e. The summed E-state index contributed by atoms with van der Waals surface area (Å²) in [6, 6.07) is 0.244. The number of aliphatic hydroxyl groups is 1. The molecule has 0 aromatic heterocycles. The number of amides is 1. The Labute approximate surface area is 103 Å². The molecule has 17 heavy (non-hydrogen) atoms. The molecule has 0 spiro atoms. The molecule has 0 saturated carbocycles. The Morgan fingerprint density at radius 3 is 2.88 bits per heavy atom. The van der Waals surface area contributed by atoms with Gasteiger partial charge in [-0.2, -0.15) is 0 Å². The average Bonchev–Trinajstić information content (AvgIpc) is 2.76. The van der Waals surface area contributed by atoms with Crippen LogP contribution in [0.1, 0.15) is 39.0 Å². The molecule has 4 heteroatoms. The molecule has 2 aliphatic heterocycles. The number of carbonyl (C=O) groups excluding carboxylic acids is 1. The van der Waals surface area contributed by atoms with Crippen LogP contribution in [0, 0.1) is 5.92 Å². The van der Waals surface area contributed by atoms with Crippen LogP contribution in [0.5, 0.6) is 0 Å². The Kier molecular flexibility index (Phi) is 4.40. The van der Waals surface area contributed by atoms with Gasteiger partial charge in [-0.05, 0) is 39.0 Å². The Morgan fingerprint density at radius 1 is 1.41 bits per heavy atom. The topological polar surface area (TPSA) is 49.8 Å². The summed E-state index contributed by atoms with van der Waals surface area (Å²) < 4.78 is 5.48. The fourth-order valence-corrected chi connectivity index (χ4v) is 3.01. The van der Waals surface area contributed by atoms with Crippen LogP contribution < -0.4 is 0 Å². The predicted molar refractivity (Wildman–Crippen MR) is 64.6 cm³/mol. The number of likely N-dealkylation sites (tertiary alicyclic amines) is 1. The quantitative estimate of drug-likeness (QED) is 0.807. The highest BCUT2D eigenvalue weighted by Gasteiger charge is 2.36. The van der Waals surface area contributed by atoms with Gasteiger partial charge in [-0.3, -0.25) is 4.79 Å².